The van der Waals surface area contributed by atoms with Gasteiger partial charge >= 0.3 is 0 Å². The molecule has 0 aliphatic rings. The third-order valence-electron chi connectivity index (χ3n) is 4.05. The quantitative estimate of drug-likeness (QED) is 0.669. The average Bonchev–Trinajstić information content (AvgIpc) is 2.66. The number of ether oxygens (including phenoxy) is 4. The van der Waals surface area contributed by atoms with Gasteiger partial charge in [0.25, 0.3) is 0 Å². The molecule has 0 amide bonds. The average molecular weight is 345 g/mol. The fourth-order valence-corrected chi connectivity index (χ4v) is 2.72. The molecule has 0 saturated heterocycles. The normalized spacial score (nSPS) is 13.1. The molecule has 2 aromatic carbocycles. The van der Waals surface area contributed by atoms with Crippen molar-refractivity contribution in [2.45, 2.75) is 19.1 Å². The van der Waals surface area contributed by atoms with Crippen molar-refractivity contribution in [2.24, 2.45) is 0 Å². The second-order valence-corrected chi connectivity index (χ2v) is 5.67. The largest absolute Gasteiger partial charge is 0.497 e. The van der Waals surface area contributed by atoms with E-state index in [9.17, 15) is 0 Å². The fourth-order valence-electron chi connectivity index (χ4n) is 2.72. The molecule has 0 aromatic heterocycles. The fraction of sp³-hybridized carbons (Fsp3) is 0.400. The molecule has 0 heterocycles. The first-order chi connectivity index (χ1) is 12.2. The lowest BCUT2D eigenvalue weighted by Gasteiger charge is -2.24. The van der Waals surface area contributed by atoms with Crippen molar-refractivity contribution in [3.63, 3.8) is 0 Å². The Morgan fingerprint density at radius 3 is 2.16 bits per heavy atom. The van der Waals surface area contributed by atoms with E-state index >= 15 is 0 Å². The van der Waals surface area contributed by atoms with Crippen molar-refractivity contribution in [1.29, 1.82) is 0 Å². The van der Waals surface area contributed by atoms with Crippen molar-refractivity contribution >= 4 is 0 Å². The van der Waals surface area contributed by atoms with Crippen LogP contribution >= 0.6 is 0 Å². The first kappa shape index (κ1) is 19.1. The third-order valence-corrected chi connectivity index (χ3v) is 4.05. The van der Waals surface area contributed by atoms with Crippen LogP contribution in [-0.2, 0) is 4.74 Å². The van der Waals surface area contributed by atoms with E-state index < -0.39 is 0 Å². The number of rotatable bonds is 10. The molecule has 0 aliphatic carbocycles. The van der Waals surface area contributed by atoms with Gasteiger partial charge in [-0.3, -0.25) is 0 Å². The summed E-state index contributed by atoms with van der Waals surface area (Å²) in [5.41, 5.74) is 1.11. The van der Waals surface area contributed by atoms with Gasteiger partial charge in [-0.05, 0) is 36.8 Å². The predicted octanol–water partition coefficient (Wildman–Crippen LogP) is 3.45. The second-order valence-electron chi connectivity index (χ2n) is 5.67. The van der Waals surface area contributed by atoms with E-state index in [2.05, 4.69) is 12.2 Å². The summed E-state index contributed by atoms with van der Waals surface area (Å²) in [5, 5.41) is 3.45. The predicted molar refractivity (Wildman–Crippen MR) is 98.7 cm³/mol. The molecule has 0 saturated carbocycles. The molecule has 0 bridgehead atoms. The molecule has 2 aromatic rings. The van der Waals surface area contributed by atoms with Crippen molar-refractivity contribution in [3.05, 3.63) is 54.1 Å². The second kappa shape index (κ2) is 9.91. The van der Waals surface area contributed by atoms with Crippen molar-refractivity contribution in [3.8, 4) is 17.2 Å². The first-order valence-corrected chi connectivity index (χ1v) is 8.35. The van der Waals surface area contributed by atoms with E-state index in [1.54, 1.807) is 21.3 Å². The number of benzene rings is 2. The van der Waals surface area contributed by atoms with Crippen molar-refractivity contribution < 1.29 is 18.9 Å². The molecule has 5 heteroatoms. The van der Waals surface area contributed by atoms with Gasteiger partial charge in [-0.1, -0.05) is 24.3 Å². The minimum atomic E-state index is -0.0443. The zero-order valence-electron chi connectivity index (χ0n) is 15.3. The van der Waals surface area contributed by atoms with E-state index in [-0.39, 0.29) is 12.1 Å². The highest BCUT2D eigenvalue weighted by molar-refractivity contribution is 5.39. The molecule has 2 atom stereocenters. The number of para-hydroxylation sites is 2. The smallest absolute Gasteiger partial charge is 0.161 e. The topological polar surface area (TPSA) is 49.0 Å². The van der Waals surface area contributed by atoms with E-state index in [1.807, 2.05) is 48.5 Å². The monoisotopic (exact) mass is 345 g/mol. The van der Waals surface area contributed by atoms with E-state index in [0.29, 0.717) is 13.2 Å². The molecule has 0 radical (unpaired) electrons. The Kier molecular flexibility index (Phi) is 7.57. The Hall–Kier alpha value is -2.24. The number of methoxy groups -OCH3 is 3. The minimum absolute atomic E-state index is 0.0443. The van der Waals surface area contributed by atoms with Crippen LogP contribution in [0.1, 0.15) is 18.6 Å². The van der Waals surface area contributed by atoms with Crippen LogP contribution in [0.15, 0.2) is 48.5 Å². The summed E-state index contributed by atoms with van der Waals surface area (Å²) in [6, 6.07) is 15.7. The zero-order chi connectivity index (χ0) is 18.1. The summed E-state index contributed by atoms with van der Waals surface area (Å²) in [4.78, 5) is 0. The van der Waals surface area contributed by atoms with Crippen LogP contribution in [0.2, 0.25) is 0 Å². The maximum atomic E-state index is 5.78. The number of hydrogen-bond acceptors (Lipinski definition) is 5. The van der Waals surface area contributed by atoms with E-state index in [4.69, 9.17) is 18.9 Å². The molecule has 2 unspecified atom stereocenters. The Bertz CT molecular complexity index is 630. The summed E-state index contributed by atoms with van der Waals surface area (Å²) >= 11 is 0. The lowest BCUT2D eigenvalue weighted by atomic mass is 10.0. The summed E-state index contributed by atoms with van der Waals surface area (Å²) in [6.45, 7) is 3.35. The van der Waals surface area contributed by atoms with Crippen LogP contribution in [0.3, 0.4) is 0 Å². The third kappa shape index (κ3) is 5.37. The Labute approximate surface area is 149 Å². The van der Waals surface area contributed by atoms with Crippen LogP contribution in [0.5, 0.6) is 17.2 Å². The highest BCUT2D eigenvalue weighted by Crippen LogP contribution is 2.26. The SMILES string of the molecule is COc1ccc(C(OC)C(C)NCCOc2ccccc2OC)cc1. The van der Waals surface area contributed by atoms with Crippen molar-refractivity contribution in [1.82, 2.24) is 5.32 Å². The van der Waals surface area contributed by atoms with Gasteiger partial charge in [0.05, 0.1) is 20.3 Å². The zero-order valence-corrected chi connectivity index (χ0v) is 15.3. The molecular weight excluding hydrogens is 318 g/mol. The molecule has 2 rings (SSSR count). The molecule has 0 aliphatic heterocycles. The van der Waals surface area contributed by atoms with Crippen LogP contribution in [0.25, 0.3) is 0 Å². The molecule has 136 valence electrons. The highest BCUT2D eigenvalue weighted by Gasteiger charge is 2.18. The standard InChI is InChI=1S/C20H27NO4/c1-15(20(24-4)16-9-11-17(22-2)12-10-16)21-13-14-25-19-8-6-5-7-18(19)23-3/h5-12,15,20-21H,13-14H2,1-4H3. The lowest BCUT2D eigenvalue weighted by molar-refractivity contribution is 0.0722. The molecule has 0 spiro atoms. The maximum absolute atomic E-state index is 5.78. The Morgan fingerprint density at radius 1 is 0.880 bits per heavy atom. The van der Waals surface area contributed by atoms with Gasteiger partial charge in [0.1, 0.15) is 12.4 Å². The van der Waals surface area contributed by atoms with Gasteiger partial charge in [-0.15, -0.1) is 0 Å². The first-order valence-electron chi connectivity index (χ1n) is 8.35. The summed E-state index contributed by atoms with van der Waals surface area (Å²) in [5.74, 6) is 2.32. The van der Waals surface area contributed by atoms with E-state index in [1.165, 1.54) is 0 Å². The van der Waals surface area contributed by atoms with Crippen LogP contribution < -0.4 is 19.5 Å². The summed E-state index contributed by atoms with van der Waals surface area (Å²) in [7, 11) is 5.02. The molecule has 1 N–H and O–H groups in total. The van der Waals surface area contributed by atoms with Crippen LogP contribution in [0.4, 0.5) is 0 Å². The highest BCUT2D eigenvalue weighted by atomic mass is 16.5. The van der Waals surface area contributed by atoms with Gasteiger partial charge in [0, 0.05) is 19.7 Å². The van der Waals surface area contributed by atoms with Gasteiger partial charge in [-0.2, -0.15) is 0 Å². The lowest BCUT2D eigenvalue weighted by Crippen LogP contribution is -2.35. The van der Waals surface area contributed by atoms with Gasteiger partial charge in [-0.25, -0.2) is 0 Å². The number of hydrogen-bond donors (Lipinski definition) is 1. The Morgan fingerprint density at radius 2 is 1.56 bits per heavy atom. The molecule has 25 heavy (non-hydrogen) atoms. The number of nitrogens with one attached hydrogen (secondary N) is 1. The summed E-state index contributed by atoms with van der Waals surface area (Å²) in [6.07, 6.45) is -0.0443. The molecule has 5 nitrogen and oxygen atoms in total. The molecule has 0 fully saturated rings. The van der Waals surface area contributed by atoms with Crippen molar-refractivity contribution in [2.75, 3.05) is 34.5 Å². The minimum Gasteiger partial charge on any atom is -0.497 e. The molecular formula is C20H27NO4. The van der Waals surface area contributed by atoms with Gasteiger partial charge in [0.15, 0.2) is 11.5 Å². The summed E-state index contributed by atoms with van der Waals surface area (Å²) < 4.78 is 21.9. The van der Waals surface area contributed by atoms with E-state index in [0.717, 1.165) is 22.8 Å². The van der Waals surface area contributed by atoms with Gasteiger partial charge in [0.2, 0.25) is 0 Å². The Balaban J connectivity index is 1.84. The van der Waals surface area contributed by atoms with Crippen LogP contribution in [-0.4, -0.2) is 40.5 Å². The van der Waals surface area contributed by atoms with Crippen LogP contribution in [0, 0.1) is 0 Å². The maximum Gasteiger partial charge on any atom is 0.161 e. The van der Waals surface area contributed by atoms with Gasteiger partial charge < -0.3 is 24.3 Å².